The van der Waals surface area contributed by atoms with Gasteiger partial charge in [-0.2, -0.15) is 0 Å². The first-order chi connectivity index (χ1) is 11.7. The van der Waals surface area contributed by atoms with Gasteiger partial charge in [-0.25, -0.2) is 0 Å². The fraction of sp³-hybridized carbons (Fsp3) is 1.00. The molecule has 0 amide bonds. The highest BCUT2D eigenvalue weighted by atomic mass is 16.6. The topological polar surface area (TPSA) is 86.6 Å². The number of ether oxygens (including phenoxy) is 5. The monoisotopic (exact) mass is 352 g/mol. The van der Waals surface area contributed by atoms with Crippen LogP contribution in [0.5, 0.6) is 0 Å². The van der Waals surface area contributed by atoms with Gasteiger partial charge in [0.25, 0.3) is 0 Å². The highest BCUT2D eigenvalue weighted by Gasteiger charge is 2.05. The molecular formula is C17H36O7. The molecular weight excluding hydrogens is 316 g/mol. The summed E-state index contributed by atoms with van der Waals surface area (Å²) in [6, 6.07) is 0. The molecule has 0 spiro atoms. The lowest BCUT2D eigenvalue weighted by Gasteiger charge is -2.12. The first-order valence-electron chi connectivity index (χ1n) is 8.84. The zero-order valence-electron chi connectivity index (χ0n) is 15.3. The molecule has 0 aliphatic carbocycles. The molecule has 0 aromatic carbocycles. The van der Waals surface area contributed by atoms with Gasteiger partial charge in [0.15, 0.2) is 0 Å². The molecule has 0 fully saturated rings. The second-order valence-electron chi connectivity index (χ2n) is 5.87. The van der Waals surface area contributed by atoms with Gasteiger partial charge < -0.3 is 33.9 Å². The van der Waals surface area contributed by atoms with Gasteiger partial charge in [-0.3, -0.25) is 0 Å². The second-order valence-corrected chi connectivity index (χ2v) is 5.87. The first kappa shape index (κ1) is 23.7. The molecule has 0 rings (SSSR count). The van der Waals surface area contributed by atoms with Gasteiger partial charge >= 0.3 is 0 Å². The van der Waals surface area contributed by atoms with Crippen molar-refractivity contribution in [1.82, 2.24) is 0 Å². The fourth-order valence-corrected chi connectivity index (χ4v) is 1.77. The van der Waals surface area contributed by atoms with Crippen LogP contribution in [0.2, 0.25) is 0 Å². The zero-order chi connectivity index (χ0) is 17.9. The molecule has 0 bridgehead atoms. The van der Waals surface area contributed by atoms with E-state index in [2.05, 4.69) is 13.8 Å². The van der Waals surface area contributed by atoms with E-state index in [0.29, 0.717) is 72.0 Å². The highest BCUT2D eigenvalue weighted by Crippen LogP contribution is 2.06. The minimum Gasteiger partial charge on any atom is -0.394 e. The van der Waals surface area contributed by atoms with Gasteiger partial charge in [-0.05, 0) is 18.8 Å². The van der Waals surface area contributed by atoms with Gasteiger partial charge in [0.1, 0.15) is 0 Å². The van der Waals surface area contributed by atoms with E-state index >= 15 is 0 Å². The summed E-state index contributed by atoms with van der Waals surface area (Å²) in [6.45, 7) is 9.05. The number of rotatable bonds is 19. The normalized spacial score (nSPS) is 12.9. The maximum absolute atomic E-state index is 9.69. The maximum atomic E-state index is 9.69. The lowest BCUT2D eigenvalue weighted by Crippen LogP contribution is -2.18. The van der Waals surface area contributed by atoms with E-state index in [9.17, 15) is 5.11 Å². The predicted molar refractivity (Wildman–Crippen MR) is 91.3 cm³/mol. The SMILES string of the molecule is CC(C)CCC(O)COCCOCCOCCOCCOCCO. The molecule has 0 aliphatic rings. The van der Waals surface area contributed by atoms with Crippen LogP contribution in [0, 0.1) is 5.92 Å². The number of hydrogen-bond acceptors (Lipinski definition) is 7. The van der Waals surface area contributed by atoms with Gasteiger partial charge in [0.05, 0.1) is 78.8 Å². The summed E-state index contributed by atoms with van der Waals surface area (Å²) in [4.78, 5) is 0. The Kier molecular flexibility index (Phi) is 18.8. The van der Waals surface area contributed by atoms with Crippen molar-refractivity contribution in [2.24, 2.45) is 5.92 Å². The summed E-state index contributed by atoms with van der Waals surface area (Å²) >= 11 is 0. The van der Waals surface area contributed by atoms with Crippen molar-refractivity contribution in [3.05, 3.63) is 0 Å². The molecule has 0 aromatic rings. The van der Waals surface area contributed by atoms with E-state index in [-0.39, 0.29) is 12.7 Å². The predicted octanol–water partition coefficient (Wildman–Crippen LogP) is 0.859. The average molecular weight is 352 g/mol. The minimum atomic E-state index is -0.384. The van der Waals surface area contributed by atoms with Gasteiger partial charge in [-0.1, -0.05) is 13.8 Å². The van der Waals surface area contributed by atoms with E-state index in [1.165, 1.54) is 0 Å². The van der Waals surface area contributed by atoms with Crippen LogP contribution in [0.4, 0.5) is 0 Å². The van der Waals surface area contributed by atoms with Gasteiger partial charge in [0, 0.05) is 0 Å². The van der Waals surface area contributed by atoms with Crippen molar-refractivity contribution in [1.29, 1.82) is 0 Å². The molecule has 0 saturated heterocycles. The summed E-state index contributed by atoms with van der Waals surface area (Å²) in [5, 5.41) is 18.2. The third-order valence-corrected chi connectivity index (χ3v) is 3.11. The van der Waals surface area contributed by atoms with E-state index in [4.69, 9.17) is 28.8 Å². The molecule has 7 heteroatoms. The molecule has 0 radical (unpaired) electrons. The Morgan fingerprint density at radius 2 is 1.04 bits per heavy atom. The molecule has 0 saturated carbocycles. The fourth-order valence-electron chi connectivity index (χ4n) is 1.77. The Hall–Kier alpha value is -0.280. The van der Waals surface area contributed by atoms with Crippen LogP contribution in [0.1, 0.15) is 26.7 Å². The van der Waals surface area contributed by atoms with Gasteiger partial charge in [0.2, 0.25) is 0 Å². The summed E-state index contributed by atoms with van der Waals surface area (Å²) in [5.74, 6) is 0.605. The Labute approximate surface area is 146 Å². The molecule has 146 valence electrons. The molecule has 7 nitrogen and oxygen atoms in total. The van der Waals surface area contributed by atoms with Crippen LogP contribution < -0.4 is 0 Å². The van der Waals surface area contributed by atoms with Crippen LogP contribution in [0.25, 0.3) is 0 Å². The number of aliphatic hydroxyl groups excluding tert-OH is 2. The van der Waals surface area contributed by atoms with Crippen molar-refractivity contribution < 1.29 is 33.9 Å². The summed E-state index contributed by atoms with van der Waals surface area (Å²) in [7, 11) is 0. The van der Waals surface area contributed by atoms with Crippen molar-refractivity contribution >= 4 is 0 Å². The van der Waals surface area contributed by atoms with Crippen LogP contribution in [0.3, 0.4) is 0 Å². The van der Waals surface area contributed by atoms with E-state index in [1.807, 2.05) is 0 Å². The Morgan fingerprint density at radius 1 is 0.625 bits per heavy atom. The Balaban J connectivity index is 3.07. The quantitative estimate of drug-likeness (QED) is 0.333. The van der Waals surface area contributed by atoms with Gasteiger partial charge in [-0.15, -0.1) is 0 Å². The van der Waals surface area contributed by atoms with Crippen molar-refractivity contribution in [2.75, 3.05) is 72.7 Å². The molecule has 1 unspecified atom stereocenters. The van der Waals surface area contributed by atoms with Crippen molar-refractivity contribution in [2.45, 2.75) is 32.8 Å². The third-order valence-electron chi connectivity index (χ3n) is 3.11. The lowest BCUT2D eigenvalue weighted by atomic mass is 10.1. The largest absolute Gasteiger partial charge is 0.394 e. The van der Waals surface area contributed by atoms with E-state index in [0.717, 1.165) is 12.8 Å². The third kappa shape index (κ3) is 19.8. The van der Waals surface area contributed by atoms with Crippen LogP contribution >= 0.6 is 0 Å². The molecule has 1 atom stereocenters. The Bertz CT molecular complexity index is 239. The summed E-state index contributed by atoms with van der Waals surface area (Å²) < 4.78 is 26.4. The second kappa shape index (κ2) is 19.1. The lowest BCUT2D eigenvalue weighted by molar-refractivity contribution is -0.0232. The molecule has 0 heterocycles. The van der Waals surface area contributed by atoms with Crippen LogP contribution in [-0.4, -0.2) is 89.0 Å². The summed E-state index contributed by atoms with van der Waals surface area (Å²) in [5.41, 5.74) is 0. The maximum Gasteiger partial charge on any atom is 0.0773 e. The number of aliphatic hydroxyl groups is 2. The first-order valence-corrected chi connectivity index (χ1v) is 8.84. The molecule has 0 aliphatic heterocycles. The number of hydrogen-bond donors (Lipinski definition) is 2. The molecule has 24 heavy (non-hydrogen) atoms. The molecule has 2 N–H and O–H groups in total. The molecule has 0 aromatic heterocycles. The van der Waals surface area contributed by atoms with Crippen molar-refractivity contribution in [3.8, 4) is 0 Å². The average Bonchev–Trinajstić information content (AvgIpc) is 2.56. The smallest absolute Gasteiger partial charge is 0.0773 e. The summed E-state index contributed by atoms with van der Waals surface area (Å²) in [6.07, 6.45) is 1.41. The van der Waals surface area contributed by atoms with Crippen molar-refractivity contribution in [3.63, 3.8) is 0 Å². The van der Waals surface area contributed by atoms with Crippen LogP contribution in [-0.2, 0) is 23.7 Å². The van der Waals surface area contributed by atoms with E-state index < -0.39 is 0 Å². The Morgan fingerprint density at radius 3 is 1.46 bits per heavy atom. The minimum absolute atomic E-state index is 0.0346. The zero-order valence-corrected chi connectivity index (χ0v) is 15.3. The highest BCUT2D eigenvalue weighted by molar-refractivity contribution is 4.56. The van der Waals surface area contributed by atoms with Crippen LogP contribution in [0.15, 0.2) is 0 Å². The standard InChI is InChI=1S/C17H36O7/c1-16(2)3-4-17(19)15-24-14-13-23-12-11-22-10-9-21-8-7-20-6-5-18/h16-19H,3-15H2,1-2H3. The van der Waals surface area contributed by atoms with E-state index in [1.54, 1.807) is 0 Å².